The monoisotopic (exact) mass is 898 g/mol. The Kier molecular flexibility index (Phi) is 20.0. The number of nitrogens with one attached hydrogen (secondary N) is 4. The van der Waals surface area contributed by atoms with E-state index in [-0.39, 0.29) is 31.4 Å². The standard InChI is InChI=1S/C44H46N8O6.C3H8.C2H6O.C2H2/c1-5-20-51(38(53)24-45-43(55)57-3)25-36-46-34-18-14-30-22-28(12-16-32(30)40(34)48-36)29-13-17-33-31(23-29)15-19-35-41(33)49-37(47-35)26-52(21-6-2)42(54)39(50-44(56)58-4)27-10-8-7-9-11-27;2*1-3-2;1-2/h7-19,22-23,39H,5-6,20-21,24-26H2,1-4H3,(H,45,55)(H,46,48)(H,47,49)(H,50,56);3H2,1-2H3;1-2H3;1-2H/t39-;;;/m1.../s1. The van der Waals surface area contributed by atoms with E-state index in [1.165, 1.54) is 20.6 Å². The number of imidazole rings is 2. The zero-order valence-corrected chi connectivity index (χ0v) is 39.2. The highest BCUT2D eigenvalue weighted by atomic mass is 16.5. The number of alkyl carbamates (subject to hydrolysis) is 2. The molecule has 66 heavy (non-hydrogen) atoms. The lowest BCUT2D eigenvalue weighted by atomic mass is 9.98. The van der Waals surface area contributed by atoms with Gasteiger partial charge in [-0.3, -0.25) is 9.59 Å². The van der Waals surface area contributed by atoms with E-state index >= 15 is 0 Å². The molecule has 0 spiro atoms. The minimum Gasteiger partial charge on any atom is -0.453 e. The Morgan fingerprint density at radius 3 is 1.59 bits per heavy atom. The first-order valence-electron chi connectivity index (χ1n) is 21.9. The number of amides is 4. The van der Waals surface area contributed by atoms with Crippen molar-refractivity contribution in [3.05, 3.63) is 108 Å². The molecule has 348 valence electrons. The summed E-state index contributed by atoms with van der Waals surface area (Å²) >= 11 is 0. The van der Waals surface area contributed by atoms with Gasteiger partial charge in [0.05, 0.1) is 49.4 Å². The predicted molar refractivity (Wildman–Crippen MR) is 262 cm³/mol. The van der Waals surface area contributed by atoms with Gasteiger partial charge in [-0.1, -0.05) is 101 Å². The van der Waals surface area contributed by atoms with Crippen molar-refractivity contribution in [3.63, 3.8) is 0 Å². The largest absolute Gasteiger partial charge is 0.453 e. The number of aromatic nitrogens is 4. The van der Waals surface area contributed by atoms with Gasteiger partial charge < -0.3 is 44.6 Å². The number of ether oxygens (including phenoxy) is 3. The van der Waals surface area contributed by atoms with Crippen molar-refractivity contribution >= 4 is 67.6 Å². The lowest BCUT2D eigenvalue weighted by Crippen LogP contribution is -2.43. The Morgan fingerprint density at radius 2 is 1.12 bits per heavy atom. The maximum atomic E-state index is 13.9. The predicted octanol–water partition coefficient (Wildman–Crippen LogP) is 9.27. The zero-order chi connectivity index (χ0) is 48.2. The number of carbonyl (C=O) groups is 4. The second-order valence-corrected chi connectivity index (χ2v) is 15.2. The maximum absolute atomic E-state index is 13.9. The molecule has 7 rings (SSSR count). The fourth-order valence-corrected chi connectivity index (χ4v) is 7.30. The second-order valence-electron chi connectivity index (χ2n) is 15.2. The van der Waals surface area contributed by atoms with Crippen LogP contribution < -0.4 is 10.6 Å². The maximum Gasteiger partial charge on any atom is 0.407 e. The number of aromatic amines is 2. The van der Waals surface area contributed by atoms with Gasteiger partial charge in [0.15, 0.2) is 0 Å². The first kappa shape index (κ1) is 51.2. The van der Waals surface area contributed by atoms with Crippen molar-refractivity contribution in [1.82, 2.24) is 40.4 Å². The molecule has 0 aliphatic carbocycles. The quantitative estimate of drug-likeness (QED) is 0.0773. The lowest BCUT2D eigenvalue weighted by Gasteiger charge is -2.27. The fraction of sp³-hybridized carbons (Fsp3) is 0.333. The van der Waals surface area contributed by atoms with Crippen LogP contribution in [0.25, 0.3) is 54.7 Å². The molecule has 4 amide bonds. The van der Waals surface area contributed by atoms with Crippen LogP contribution in [0.1, 0.15) is 70.2 Å². The molecular formula is C51H62N8O7. The number of rotatable bonds is 14. The van der Waals surface area contributed by atoms with Crippen LogP contribution in [-0.2, 0) is 36.9 Å². The molecule has 0 saturated heterocycles. The Morgan fingerprint density at radius 1 is 0.652 bits per heavy atom. The summed E-state index contributed by atoms with van der Waals surface area (Å²) in [5.74, 6) is 0.820. The van der Waals surface area contributed by atoms with Gasteiger partial charge >= 0.3 is 12.2 Å². The highest BCUT2D eigenvalue weighted by molar-refractivity contribution is 6.07. The van der Waals surface area contributed by atoms with E-state index in [0.717, 1.165) is 67.6 Å². The number of hydrogen-bond acceptors (Lipinski definition) is 9. The molecule has 0 fully saturated rings. The second kappa shape index (κ2) is 25.8. The molecule has 0 aliphatic heterocycles. The number of benzene rings is 5. The smallest absolute Gasteiger partial charge is 0.407 e. The Balaban J connectivity index is 0.00000111. The molecular weight excluding hydrogens is 837 g/mol. The zero-order valence-electron chi connectivity index (χ0n) is 39.2. The SMILES string of the molecule is C#C.CCC.CCCN(Cc1nc2c(ccc3cc(-c4ccc5c(ccc6[nH]c(CN(CCC)C(=O)[C@H](NC(=O)OC)c7ccccc7)nc65)c4)ccc32)[nH]1)C(=O)CNC(=O)OC.COC. The summed E-state index contributed by atoms with van der Waals surface area (Å²) in [6, 6.07) is 29.0. The third-order valence-corrected chi connectivity index (χ3v) is 10.1. The van der Waals surface area contributed by atoms with Gasteiger partial charge in [-0.25, -0.2) is 19.6 Å². The third-order valence-electron chi connectivity index (χ3n) is 10.1. The van der Waals surface area contributed by atoms with Gasteiger partial charge in [-0.05, 0) is 64.6 Å². The van der Waals surface area contributed by atoms with Gasteiger partial charge in [0.2, 0.25) is 11.8 Å². The lowest BCUT2D eigenvalue weighted by molar-refractivity contribution is -0.134. The van der Waals surface area contributed by atoms with E-state index in [9.17, 15) is 19.2 Å². The molecule has 1 atom stereocenters. The van der Waals surface area contributed by atoms with Crippen molar-refractivity contribution in [1.29, 1.82) is 0 Å². The van der Waals surface area contributed by atoms with Crippen molar-refractivity contribution in [2.24, 2.45) is 0 Å². The number of methoxy groups -OCH3 is 3. The number of terminal acetylenes is 1. The summed E-state index contributed by atoms with van der Waals surface area (Å²) in [7, 11) is 5.78. The topological polar surface area (TPSA) is 184 Å². The number of nitrogens with zero attached hydrogens (tertiary/aromatic N) is 4. The van der Waals surface area contributed by atoms with Crippen molar-refractivity contribution in [2.75, 3.05) is 48.1 Å². The minimum absolute atomic E-state index is 0.157. The Hall–Kier alpha value is -7.44. The molecule has 5 aromatic carbocycles. The molecule has 15 nitrogen and oxygen atoms in total. The van der Waals surface area contributed by atoms with E-state index in [0.29, 0.717) is 30.3 Å². The van der Waals surface area contributed by atoms with Crippen LogP contribution >= 0.6 is 0 Å². The summed E-state index contributed by atoms with van der Waals surface area (Å²) < 4.78 is 13.7. The molecule has 0 bridgehead atoms. The van der Waals surface area contributed by atoms with E-state index < -0.39 is 18.2 Å². The molecule has 0 aliphatic rings. The third kappa shape index (κ3) is 13.1. The van der Waals surface area contributed by atoms with Crippen molar-refractivity contribution in [3.8, 4) is 24.0 Å². The van der Waals surface area contributed by atoms with Crippen LogP contribution in [0.15, 0.2) is 91.0 Å². The molecule has 0 unspecified atom stereocenters. The van der Waals surface area contributed by atoms with Crippen molar-refractivity contribution in [2.45, 2.75) is 66.1 Å². The van der Waals surface area contributed by atoms with E-state index in [4.69, 9.17) is 14.7 Å². The number of H-pyrrole nitrogens is 2. The average molecular weight is 899 g/mol. The first-order valence-corrected chi connectivity index (χ1v) is 21.9. The van der Waals surface area contributed by atoms with Crippen LogP contribution in [-0.4, -0.2) is 102 Å². The normalized spacial score (nSPS) is 10.9. The molecule has 0 radical (unpaired) electrons. The Labute approximate surface area is 386 Å². The Bertz CT molecular complexity index is 2710. The fourth-order valence-electron chi connectivity index (χ4n) is 7.30. The molecule has 15 heteroatoms. The van der Waals surface area contributed by atoms with E-state index in [2.05, 4.69) is 105 Å². The number of hydrogen-bond donors (Lipinski definition) is 4. The minimum atomic E-state index is -0.913. The number of fused-ring (bicyclic) bond motifs is 6. The van der Waals surface area contributed by atoms with E-state index in [1.807, 2.05) is 44.2 Å². The van der Waals surface area contributed by atoms with Gasteiger partial charge in [0.1, 0.15) is 24.2 Å². The number of carbonyl (C=O) groups excluding carboxylic acids is 4. The van der Waals surface area contributed by atoms with Gasteiger partial charge in [0.25, 0.3) is 0 Å². The van der Waals surface area contributed by atoms with Crippen LogP contribution in [0.4, 0.5) is 9.59 Å². The van der Waals surface area contributed by atoms with E-state index in [1.54, 1.807) is 36.2 Å². The van der Waals surface area contributed by atoms with Crippen LogP contribution in [0.3, 0.4) is 0 Å². The summed E-state index contributed by atoms with van der Waals surface area (Å²) in [4.78, 5) is 70.6. The molecule has 2 aromatic heterocycles. The highest BCUT2D eigenvalue weighted by Gasteiger charge is 2.28. The molecule has 2 heterocycles. The van der Waals surface area contributed by atoms with Crippen LogP contribution in [0, 0.1) is 12.8 Å². The molecule has 4 N–H and O–H groups in total. The van der Waals surface area contributed by atoms with Crippen LogP contribution in [0.2, 0.25) is 0 Å². The summed E-state index contributed by atoms with van der Waals surface area (Å²) in [6.07, 6.45) is 9.39. The van der Waals surface area contributed by atoms with Gasteiger partial charge in [-0.15, -0.1) is 12.8 Å². The average Bonchev–Trinajstić information content (AvgIpc) is 3.97. The summed E-state index contributed by atoms with van der Waals surface area (Å²) in [6.45, 7) is 9.60. The summed E-state index contributed by atoms with van der Waals surface area (Å²) in [5.41, 5.74) is 6.12. The molecule has 0 saturated carbocycles. The molecule has 7 aromatic rings. The first-order chi connectivity index (χ1) is 32.0. The summed E-state index contributed by atoms with van der Waals surface area (Å²) in [5, 5.41) is 9.19. The van der Waals surface area contributed by atoms with Gasteiger partial charge in [-0.2, -0.15) is 0 Å². The van der Waals surface area contributed by atoms with Gasteiger partial charge in [0, 0.05) is 38.1 Å². The van der Waals surface area contributed by atoms with Crippen molar-refractivity contribution < 1.29 is 33.4 Å². The van der Waals surface area contributed by atoms with Crippen LogP contribution in [0.5, 0.6) is 0 Å². The highest BCUT2D eigenvalue weighted by Crippen LogP contribution is 2.33.